The van der Waals surface area contributed by atoms with E-state index in [9.17, 15) is 15.2 Å². The number of benzene rings is 1. The van der Waals surface area contributed by atoms with Crippen molar-refractivity contribution in [1.29, 1.82) is 0 Å². The lowest BCUT2D eigenvalue weighted by Crippen LogP contribution is -2.04. The van der Waals surface area contributed by atoms with Gasteiger partial charge in [-0.25, -0.2) is 0 Å². The van der Waals surface area contributed by atoms with Gasteiger partial charge in [0.05, 0.1) is 4.92 Å². The van der Waals surface area contributed by atoms with Gasteiger partial charge in [-0.1, -0.05) is 25.8 Å². The zero-order valence-electron chi connectivity index (χ0n) is 9.27. The van der Waals surface area contributed by atoms with E-state index in [2.05, 4.69) is 12.2 Å². The highest BCUT2D eigenvalue weighted by molar-refractivity contribution is 5.69. The highest BCUT2D eigenvalue weighted by atomic mass is 16.6. The fourth-order valence-corrected chi connectivity index (χ4v) is 1.45. The minimum Gasteiger partial charge on any atom is -0.506 e. The molecule has 0 bridgehead atoms. The third-order valence-corrected chi connectivity index (χ3v) is 2.30. The first-order valence-corrected chi connectivity index (χ1v) is 5.37. The Morgan fingerprint density at radius 1 is 1.44 bits per heavy atom. The van der Waals surface area contributed by atoms with E-state index in [1.54, 1.807) is 0 Å². The van der Waals surface area contributed by atoms with Gasteiger partial charge in [0.15, 0.2) is 5.69 Å². The predicted octanol–water partition coefficient (Wildman–Crippen LogP) is 2.90. The molecule has 0 spiro atoms. The van der Waals surface area contributed by atoms with Gasteiger partial charge in [0.1, 0.15) is 5.75 Å². The van der Waals surface area contributed by atoms with Crippen LogP contribution in [0.4, 0.5) is 11.4 Å². The number of nitro benzene ring substituents is 1. The number of para-hydroxylation sites is 1. The molecule has 0 aliphatic carbocycles. The number of hydrogen-bond donors (Lipinski definition) is 2. The molecule has 5 nitrogen and oxygen atoms in total. The molecule has 0 heterocycles. The molecule has 0 atom stereocenters. The van der Waals surface area contributed by atoms with Gasteiger partial charge in [0.2, 0.25) is 0 Å². The van der Waals surface area contributed by atoms with E-state index in [0.717, 1.165) is 19.3 Å². The van der Waals surface area contributed by atoms with Crippen LogP contribution in [-0.4, -0.2) is 16.6 Å². The molecule has 0 fully saturated rings. The topological polar surface area (TPSA) is 75.4 Å². The van der Waals surface area contributed by atoms with Crippen LogP contribution in [-0.2, 0) is 0 Å². The quantitative estimate of drug-likeness (QED) is 0.337. The number of rotatable bonds is 6. The number of unbranched alkanes of at least 4 members (excludes halogenated alkanes) is 2. The Morgan fingerprint density at radius 3 is 2.81 bits per heavy atom. The van der Waals surface area contributed by atoms with E-state index >= 15 is 0 Å². The normalized spacial score (nSPS) is 10.1. The number of nitrogens with zero attached hydrogens (tertiary/aromatic N) is 1. The van der Waals surface area contributed by atoms with Gasteiger partial charge in [0.25, 0.3) is 5.69 Å². The Kier molecular flexibility index (Phi) is 4.57. The summed E-state index contributed by atoms with van der Waals surface area (Å²) in [6.45, 7) is 2.72. The fraction of sp³-hybridized carbons (Fsp3) is 0.455. The number of nitrogens with one attached hydrogen (secondary N) is 1. The van der Waals surface area contributed by atoms with E-state index in [1.807, 2.05) is 0 Å². The number of phenolic OH excluding ortho intramolecular Hbond substituents is 1. The van der Waals surface area contributed by atoms with Crippen LogP contribution in [0.5, 0.6) is 5.75 Å². The van der Waals surface area contributed by atoms with E-state index in [0.29, 0.717) is 6.54 Å². The number of phenols is 1. The average molecular weight is 224 g/mol. The standard InChI is InChI=1S/C11H16N2O3/c1-2-3-4-8-12-11-9(13(15)16)6-5-7-10(11)14/h5-7,12,14H,2-4,8H2,1H3. The van der Waals surface area contributed by atoms with Crippen molar-refractivity contribution in [1.82, 2.24) is 0 Å². The first-order valence-electron chi connectivity index (χ1n) is 5.37. The number of anilines is 1. The summed E-state index contributed by atoms with van der Waals surface area (Å²) >= 11 is 0. The number of hydrogen-bond acceptors (Lipinski definition) is 4. The molecule has 0 saturated carbocycles. The Labute approximate surface area is 94.3 Å². The van der Waals surface area contributed by atoms with Crippen molar-refractivity contribution in [2.45, 2.75) is 26.2 Å². The van der Waals surface area contributed by atoms with E-state index in [4.69, 9.17) is 0 Å². The predicted molar refractivity (Wildman–Crippen MR) is 62.8 cm³/mol. The Balaban J connectivity index is 2.73. The summed E-state index contributed by atoms with van der Waals surface area (Å²) in [5, 5.41) is 23.2. The van der Waals surface area contributed by atoms with Gasteiger partial charge >= 0.3 is 0 Å². The van der Waals surface area contributed by atoms with E-state index in [-0.39, 0.29) is 17.1 Å². The van der Waals surface area contributed by atoms with Crippen molar-refractivity contribution in [2.75, 3.05) is 11.9 Å². The van der Waals surface area contributed by atoms with Crippen LogP contribution in [0.1, 0.15) is 26.2 Å². The van der Waals surface area contributed by atoms with Crippen LogP contribution in [0.15, 0.2) is 18.2 Å². The summed E-state index contributed by atoms with van der Waals surface area (Å²) in [5.74, 6) is -0.0781. The van der Waals surface area contributed by atoms with Crippen LogP contribution in [0.3, 0.4) is 0 Å². The largest absolute Gasteiger partial charge is 0.506 e. The van der Waals surface area contributed by atoms with Crippen molar-refractivity contribution in [2.24, 2.45) is 0 Å². The Bertz CT molecular complexity index is 366. The smallest absolute Gasteiger partial charge is 0.296 e. The zero-order chi connectivity index (χ0) is 12.0. The molecule has 1 aromatic rings. The molecular weight excluding hydrogens is 208 g/mol. The minimum absolute atomic E-state index is 0.0781. The molecule has 1 aromatic carbocycles. The molecule has 0 unspecified atom stereocenters. The van der Waals surface area contributed by atoms with Gasteiger partial charge in [-0.2, -0.15) is 0 Å². The molecular formula is C11H16N2O3. The van der Waals surface area contributed by atoms with Crippen LogP contribution in [0.2, 0.25) is 0 Å². The number of nitro groups is 1. The van der Waals surface area contributed by atoms with Gasteiger partial charge in [-0.15, -0.1) is 0 Å². The maximum atomic E-state index is 10.7. The highest BCUT2D eigenvalue weighted by Crippen LogP contribution is 2.32. The lowest BCUT2D eigenvalue weighted by Gasteiger charge is -2.08. The molecule has 0 aliphatic rings. The molecule has 5 heteroatoms. The summed E-state index contributed by atoms with van der Waals surface area (Å²) in [5.41, 5.74) is 0.125. The van der Waals surface area contributed by atoms with Crippen LogP contribution in [0, 0.1) is 10.1 Å². The molecule has 1 rings (SSSR count). The van der Waals surface area contributed by atoms with E-state index in [1.165, 1.54) is 18.2 Å². The lowest BCUT2D eigenvalue weighted by molar-refractivity contribution is -0.384. The van der Waals surface area contributed by atoms with Gasteiger partial charge in [-0.05, 0) is 12.5 Å². The molecule has 16 heavy (non-hydrogen) atoms. The molecule has 0 aliphatic heterocycles. The first kappa shape index (κ1) is 12.3. The Hall–Kier alpha value is -1.78. The lowest BCUT2D eigenvalue weighted by atomic mass is 10.2. The summed E-state index contributed by atoms with van der Waals surface area (Å²) in [7, 11) is 0. The van der Waals surface area contributed by atoms with Gasteiger partial charge in [-0.3, -0.25) is 10.1 Å². The van der Waals surface area contributed by atoms with Crippen molar-refractivity contribution in [3.05, 3.63) is 28.3 Å². The second kappa shape index (κ2) is 5.95. The average Bonchev–Trinajstić information content (AvgIpc) is 2.25. The number of aromatic hydroxyl groups is 1. The molecule has 0 amide bonds. The molecule has 0 aromatic heterocycles. The maximum Gasteiger partial charge on any atom is 0.296 e. The molecule has 0 radical (unpaired) electrons. The summed E-state index contributed by atoms with van der Waals surface area (Å²) in [6, 6.07) is 4.28. The summed E-state index contributed by atoms with van der Waals surface area (Å²) in [4.78, 5) is 10.2. The third kappa shape index (κ3) is 3.12. The van der Waals surface area contributed by atoms with Crippen molar-refractivity contribution in [3.8, 4) is 5.75 Å². The van der Waals surface area contributed by atoms with Crippen molar-refractivity contribution >= 4 is 11.4 Å². The molecule has 0 saturated heterocycles. The fourth-order valence-electron chi connectivity index (χ4n) is 1.45. The van der Waals surface area contributed by atoms with Crippen LogP contribution in [0.25, 0.3) is 0 Å². The zero-order valence-corrected chi connectivity index (χ0v) is 9.27. The second-order valence-electron chi connectivity index (χ2n) is 3.56. The van der Waals surface area contributed by atoms with Crippen LogP contribution >= 0.6 is 0 Å². The van der Waals surface area contributed by atoms with Crippen molar-refractivity contribution < 1.29 is 10.0 Å². The summed E-state index contributed by atoms with van der Waals surface area (Å²) < 4.78 is 0. The molecule has 88 valence electrons. The van der Waals surface area contributed by atoms with Crippen LogP contribution < -0.4 is 5.32 Å². The van der Waals surface area contributed by atoms with Gasteiger partial charge in [0, 0.05) is 12.6 Å². The third-order valence-electron chi connectivity index (χ3n) is 2.30. The second-order valence-corrected chi connectivity index (χ2v) is 3.56. The maximum absolute atomic E-state index is 10.7. The summed E-state index contributed by atoms with van der Waals surface area (Å²) in [6.07, 6.45) is 3.08. The van der Waals surface area contributed by atoms with Crippen molar-refractivity contribution in [3.63, 3.8) is 0 Å². The van der Waals surface area contributed by atoms with E-state index < -0.39 is 4.92 Å². The highest BCUT2D eigenvalue weighted by Gasteiger charge is 2.16. The first-order chi connectivity index (χ1) is 7.66. The molecule has 2 N–H and O–H groups in total. The monoisotopic (exact) mass is 224 g/mol. The van der Waals surface area contributed by atoms with Gasteiger partial charge < -0.3 is 10.4 Å². The SMILES string of the molecule is CCCCCNc1c(O)cccc1[N+](=O)[O-]. The Morgan fingerprint density at radius 2 is 2.19 bits per heavy atom. The minimum atomic E-state index is -0.498.